The fourth-order valence-electron chi connectivity index (χ4n) is 2.66. The van der Waals surface area contributed by atoms with E-state index in [4.69, 9.17) is 9.26 Å². The molecule has 5 nitrogen and oxygen atoms in total. The van der Waals surface area contributed by atoms with Crippen molar-refractivity contribution >= 4 is 22.6 Å². The molecule has 0 amide bonds. The van der Waals surface area contributed by atoms with Crippen LogP contribution in [0, 0.1) is 3.57 Å². The van der Waals surface area contributed by atoms with Crippen molar-refractivity contribution in [3.05, 3.63) is 27.6 Å². The van der Waals surface area contributed by atoms with E-state index in [2.05, 4.69) is 32.7 Å². The third kappa shape index (κ3) is 2.31. The summed E-state index contributed by atoms with van der Waals surface area (Å²) in [6.07, 6.45) is 4.01. The minimum absolute atomic E-state index is 0.138. The molecule has 20 heavy (non-hydrogen) atoms. The maximum Gasteiger partial charge on any atom is 0.261 e. The van der Waals surface area contributed by atoms with E-state index in [1.54, 1.807) is 13.2 Å². The summed E-state index contributed by atoms with van der Waals surface area (Å²) in [6, 6.07) is 5.27. The monoisotopic (exact) mass is 386 g/mol. The molecule has 1 aromatic heterocycles. The first kappa shape index (κ1) is 13.8. The van der Waals surface area contributed by atoms with E-state index in [0.29, 0.717) is 17.3 Å². The Morgan fingerprint density at radius 2 is 2.10 bits per heavy atom. The second-order valence-electron chi connectivity index (χ2n) is 4.99. The molecule has 0 saturated heterocycles. The highest BCUT2D eigenvalue weighted by molar-refractivity contribution is 14.1. The van der Waals surface area contributed by atoms with Gasteiger partial charge in [-0.05, 0) is 66.5 Å². The Morgan fingerprint density at radius 1 is 1.35 bits per heavy atom. The van der Waals surface area contributed by atoms with Gasteiger partial charge >= 0.3 is 0 Å². The topological polar surface area (TPSA) is 68.4 Å². The first-order chi connectivity index (χ1) is 9.64. The fourth-order valence-corrected chi connectivity index (χ4v) is 3.15. The van der Waals surface area contributed by atoms with E-state index >= 15 is 0 Å². The Labute approximate surface area is 130 Å². The summed E-state index contributed by atoms with van der Waals surface area (Å²) in [5, 5.41) is 14.0. The van der Waals surface area contributed by atoms with Crippen molar-refractivity contribution in [1.29, 1.82) is 0 Å². The lowest BCUT2D eigenvalue weighted by Gasteiger charge is -2.22. The number of rotatable bonds is 3. The molecule has 106 valence electrons. The molecular formula is C14H15IN2O3. The summed E-state index contributed by atoms with van der Waals surface area (Å²) in [4.78, 5) is 4.44. The van der Waals surface area contributed by atoms with Gasteiger partial charge in [0.25, 0.3) is 5.89 Å². The van der Waals surface area contributed by atoms with E-state index < -0.39 is 5.60 Å². The van der Waals surface area contributed by atoms with Gasteiger partial charge in [0, 0.05) is 10.7 Å². The summed E-state index contributed by atoms with van der Waals surface area (Å²) >= 11 is 2.18. The Kier molecular flexibility index (Phi) is 3.68. The number of benzene rings is 1. The molecule has 0 radical (unpaired) electrons. The van der Waals surface area contributed by atoms with Gasteiger partial charge in [-0.15, -0.1) is 0 Å². The SMILES string of the molecule is COC1(c2noc(-c3cc(I)ccc3O)n2)CCCC1. The number of ether oxygens (including phenoxy) is 1. The average Bonchev–Trinajstić information content (AvgIpc) is 3.10. The molecule has 1 saturated carbocycles. The van der Waals surface area contributed by atoms with Crippen LogP contribution in [0.3, 0.4) is 0 Å². The lowest BCUT2D eigenvalue weighted by molar-refractivity contribution is -0.0178. The smallest absolute Gasteiger partial charge is 0.261 e. The highest BCUT2D eigenvalue weighted by Gasteiger charge is 2.40. The van der Waals surface area contributed by atoms with Crippen LogP contribution in [0.1, 0.15) is 31.5 Å². The molecule has 6 heteroatoms. The molecule has 1 aromatic carbocycles. The molecule has 1 fully saturated rings. The van der Waals surface area contributed by atoms with Crippen molar-refractivity contribution in [2.45, 2.75) is 31.3 Å². The van der Waals surface area contributed by atoms with E-state index in [1.807, 2.05) is 12.1 Å². The zero-order valence-corrected chi connectivity index (χ0v) is 13.3. The van der Waals surface area contributed by atoms with Gasteiger partial charge in [-0.1, -0.05) is 5.16 Å². The quantitative estimate of drug-likeness (QED) is 0.819. The van der Waals surface area contributed by atoms with Crippen molar-refractivity contribution in [2.24, 2.45) is 0 Å². The zero-order valence-electron chi connectivity index (χ0n) is 11.1. The molecule has 2 aromatic rings. The van der Waals surface area contributed by atoms with Gasteiger partial charge in [0.15, 0.2) is 0 Å². The van der Waals surface area contributed by atoms with Gasteiger partial charge in [0.05, 0.1) is 5.56 Å². The van der Waals surface area contributed by atoms with Crippen LogP contribution in [0.2, 0.25) is 0 Å². The number of hydrogen-bond acceptors (Lipinski definition) is 5. The number of hydrogen-bond donors (Lipinski definition) is 1. The normalized spacial score (nSPS) is 17.5. The summed E-state index contributed by atoms with van der Waals surface area (Å²) in [5.41, 5.74) is 0.124. The fraction of sp³-hybridized carbons (Fsp3) is 0.429. The van der Waals surface area contributed by atoms with Crippen LogP contribution in [0.15, 0.2) is 22.7 Å². The summed E-state index contributed by atoms with van der Waals surface area (Å²) in [5.74, 6) is 1.05. The van der Waals surface area contributed by atoms with E-state index in [0.717, 1.165) is 29.3 Å². The molecule has 1 N–H and O–H groups in total. The van der Waals surface area contributed by atoms with E-state index in [1.165, 1.54) is 0 Å². The lowest BCUT2D eigenvalue weighted by Crippen LogP contribution is -2.25. The molecule has 0 unspecified atom stereocenters. The number of halogens is 1. The van der Waals surface area contributed by atoms with Crippen LogP contribution in [-0.2, 0) is 10.3 Å². The average molecular weight is 386 g/mol. The second-order valence-corrected chi connectivity index (χ2v) is 6.24. The maximum atomic E-state index is 9.92. The number of aromatic nitrogens is 2. The van der Waals surface area contributed by atoms with Gasteiger partial charge in [-0.2, -0.15) is 4.98 Å². The number of phenols is 1. The molecule has 0 spiro atoms. The van der Waals surface area contributed by atoms with Gasteiger partial charge in [0.1, 0.15) is 11.4 Å². The van der Waals surface area contributed by atoms with Crippen LogP contribution >= 0.6 is 22.6 Å². The number of nitrogens with zero attached hydrogens (tertiary/aromatic N) is 2. The minimum Gasteiger partial charge on any atom is -0.507 e. The molecule has 3 rings (SSSR count). The first-order valence-electron chi connectivity index (χ1n) is 6.53. The Balaban J connectivity index is 2.00. The van der Waals surface area contributed by atoms with Crippen molar-refractivity contribution < 1.29 is 14.4 Å². The number of phenolic OH excluding ortho intramolecular Hbond substituents is 1. The maximum absolute atomic E-state index is 9.92. The second kappa shape index (κ2) is 5.33. The zero-order chi connectivity index (χ0) is 14.2. The molecule has 0 atom stereocenters. The van der Waals surface area contributed by atoms with Gasteiger partial charge in [0.2, 0.25) is 5.82 Å². The van der Waals surface area contributed by atoms with Crippen molar-refractivity contribution in [3.8, 4) is 17.2 Å². The molecule has 1 heterocycles. The van der Waals surface area contributed by atoms with E-state index in [-0.39, 0.29) is 5.75 Å². The predicted octanol–water partition coefficient (Wildman–Crippen LogP) is 3.46. The highest BCUT2D eigenvalue weighted by Crippen LogP contribution is 2.41. The van der Waals surface area contributed by atoms with Crippen LogP contribution in [-0.4, -0.2) is 22.4 Å². The first-order valence-corrected chi connectivity index (χ1v) is 7.61. The molecular weight excluding hydrogens is 371 g/mol. The molecule has 1 aliphatic rings. The van der Waals surface area contributed by atoms with Crippen LogP contribution < -0.4 is 0 Å². The Morgan fingerprint density at radius 3 is 2.80 bits per heavy atom. The largest absolute Gasteiger partial charge is 0.507 e. The van der Waals surface area contributed by atoms with Crippen molar-refractivity contribution in [2.75, 3.05) is 7.11 Å². The third-order valence-corrected chi connectivity index (χ3v) is 4.50. The van der Waals surface area contributed by atoms with Crippen LogP contribution in [0.4, 0.5) is 0 Å². The van der Waals surface area contributed by atoms with E-state index in [9.17, 15) is 5.11 Å². The standard InChI is InChI=1S/C14H15IN2O3/c1-19-14(6-2-3-7-14)13-16-12(20-17-13)10-8-9(15)4-5-11(10)18/h4-5,8,18H,2-3,6-7H2,1H3. The lowest BCUT2D eigenvalue weighted by atomic mass is 10.0. The van der Waals surface area contributed by atoms with Gasteiger partial charge in [-0.25, -0.2) is 0 Å². The van der Waals surface area contributed by atoms with Gasteiger partial charge in [-0.3, -0.25) is 0 Å². The highest BCUT2D eigenvalue weighted by atomic mass is 127. The summed E-state index contributed by atoms with van der Waals surface area (Å²) in [7, 11) is 1.68. The Hall–Kier alpha value is -1.15. The number of methoxy groups -OCH3 is 1. The van der Waals surface area contributed by atoms with Crippen molar-refractivity contribution in [1.82, 2.24) is 10.1 Å². The minimum atomic E-state index is -0.431. The third-order valence-electron chi connectivity index (χ3n) is 3.82. The molecule has 0 aliphatic heterocycles. The molecule has 1 aliphatic carbocycles. The predicted molar refractivity (Wildman–Crippen MR) is 81.3 cm³/mol. The van der Waals surface area contributed by atoms with Crippen LogP contribution in [0.5, 0.6) is 5.75 Å². The van der Waals surface area contributed by atoms with Gasteiger partial charge < -0.3 is 14.4 Å². The number of aromatic hydroxyl groups is 1. The van der Waals surface area contributed by atoms with Crippen LogP contribution in [0.25, 0.3) is 11.5 Å². The summed E-state index contributed by atoms with van der Waals surface area (Å²) in [6.45, 7) is 0. The Bertz CT molecular complexity index is 621. The summed E-state index contributed by atoms with van der Waals surface area (Å²) < 4.78 is 12.0. The molecule has 0 bridgehead atoms. The van der Waals surface area contributed by atoms with Crippen molar-refractivity contribution in [3.63, 3.8) is 0 Å².